The van der Waals surface area contributed by atoms with E-state index in [1.54, 1.807) is 0 Å². The quantitative estimate of drug-likeness (QED) is 0.646. The molecule has 1 aromatic carbocycles. The number of rotatable bonds is 3. The van der Waals surface area contributed by atoms with E-state index in [2.05, 4.69) is 10.1 Å². The van der Waals surface area contributed by atoms with Crippen molar-refractivity contribution < 1.29 is 22.4 Å². The lowest BCUT2D eigenvalue weighted by Crippen LogP contribution is -2.36. The number of aromatic nitrogens is 3. The summed E-state index contributed by atoms with van der Waals surface area (Å²) in [5, 5.41) is 3.29. The van der Waals surface area contributed by atoms with E-state index in [0.717, 1.165) is 17.1 Å². The van der Waals surface area contributed by atoms with Crippen LogP contribution < -0.4 is 0 Å². The monoisotopic (exact) mass is 301 g/mol. The lowest BCUT2D eigenvalue weighted by atomic mass is 9.93. The van der Waals surface area contributed by atoms with Crippen molar-refractivity contribution >= 4 is 5.78 Å². The Labute approximate surface area is 117 Å². The zero-order valence-corrected chi connectivity index (χ0v) is 11.1. The Kier molecular flexibility index (Phi) is 3.56. The van der Waals surface area contributed by atoms with Crippen LogP contribution in [-0.4, -0.2) is 20.5 Å². The van der Waals surface area contributed by atoms with Gasteiger partial charge in [0, 0.05) is 5.56 Å². The first-order valence-corrected chi connectivity index (χ1v) is 5.92. The van der Waals surface area contributed by atoms with E-state index >= 15 is 0 Å². The van der Waals surface area contributed by atoms with Crippen LogP contribution in [0.2, 0.25) is 0 Å². The van der Waals surface area contributed by atoms with E-state index in [0.29, 0.717) is 0 Å². The Hall–Kier alpha value is -2.25. The third-order valence-corrected chi connectivity index (χ3v) is 2.96. The summed E-state index contributed by atoms with van der Waals surface area (Å²) in [7, 11) is 0. The van der Waals surface area contributed by atoms with Crippen LogP contribution >= 0.6 is 0 Å². The highest BCUT2D eigenvalue weighted by Crippen LogP contribution is 2.27. The van der Waals surface area contributed by atoms with Crippen molar-refractivity contribution in [3.05, 3.63) is 47.8 Å². The van der Waals surface area contributed by atoms with Gasteiger partial charge in [0.15, 0.2) is 5.78 Å². The second-order valence-corrected chi connectivity index (χ2v) is 4.91. The molecule has 0 saturated carbocycles. The summed E-state index contributed by atoms with van der Waals surface area (Å²) in [5.74, 6) is -2.51. The van der Waals surface area contributed by atoms with Crippen molar-refractivity contribution in [3.63, 3.8) is 0 Å². The molecule has 0 unspecified atom stereocenters. The average Bonchev–Trinajstić information content (AvgIpc) is 2.88. The Balaban J connectivity index is 2.37. The topological polar surface area (TPSA) is 47.8 Å². The Morgan fingerprint density at radius 1 is 1.24 bits per heavy atom. The van der Waals surface area contributed by atoms with Crippen LogP contribution in [0.4, 0.5) is 17.6 Å². The van der Waals surface area contributed by atoms with Gasteiger partial charge in [0.05, 0.1) is 0 Å². The van der Waals surface area contributed by atoms with Gasteiger partial charge in [0.1, 0.15) is 17.7 Å². The summed E-state index contributed by atoms with van der Waals surface area (Å²) in [6, 6.07) is 4.92. The van der Waals surface area contributed by atoms with Crippen LogP contribution in [-0.2, 0) is 11.7 Å². The smallest absolute Gasteiger partial charge is 0.291 e. The molecule has 1 aromatic heterocycles. The van der Waals surface area contributed by atoms with Gasteiger partial charge in [0.2, 0.25) is 0 Å². The molecule has 0 N–H and O–H groups in total. The van der Waals surface area contributed by atoms with Crippen molar-refractivity contribution in [3.8, 4) is 0 Å². The van der Waals surface area contributed by atoms with Crippen LogP contribution in [0, 0.1) is 5.82 Å². The second-order valence-electron chi connectivity index (χ2n) is 4.91. The fourth-order valence-electron chi connectivity index (χ4n) is 1.75. The van der Waals surface area contributed by atoms with Gasteiger partial charge < -0.3 is 0 Å². The van der Waals surface area contributed by atoms with E-state index in [1.807, 2.05) is 0 Å². The highest BCUT2D eigenvalue weighted by atomic mass is 19.4. The molecule has 0 saturated heterocycles. The minimum atomic E-state index is -4.69. The standard InChI is InChI=1S/C13H11F4N3O/c1-12(2,10(21)8-4-3-5-9(14)6-8)20-7-18-11(19-20)13(15,16)17/h3-7H,1-2H3. The van der Waals surface area contributed by atoms with Crippen molar-refractivity contribution in [1.29, 1.82) is 0 Å². The molecular weight excluding hydrogens is 290 g/mol. The number of carbonyl (C=O) groups excluding carboxylic acids is 1. The average molecular weight is 301 g/mol. The molecule has 21 heavy (non-hydrogen) atoms. The maximum atomic E-state index is 13.1. The molecule has 0 spiro atoms. The number of ketones is 1. The van der Waals surface area contributed by atoms with Gasteiger partial charge in [-0.15, -0.1) is 5.10 Å². The van der Waals surface area contributed by atoms with Gasteiger partial charge in [0.25, 0.3) is 5.82 Å². The van der Waals surface area contributed by atoms with Gasteiger partial charge in [-0.1, -0.05) is 12.1 Å². The van der Waals surface area contributed by atoms with Gasteiger partial charge in [-0.25, -0.2) is 14.1 Å². The number of carbonyl (C=O) groups is 1. The fourth-order valence-corrected chi connectivity index (χ4v) is 1.75. The van der Waals surface area contributed by atoms with E-state index in [1.165, 1.54) is 32.0 Å². The summed E-state index contributed by atoms with van der Waals surface area (Å²) in [6.07, 6.45) is -3.86. The Bertz CT molecular complexity index is 676. The molecule has 0 amide bonds. The molecule has 112 valence electrons. The van der Waals surface area contributed by atoms with Crippen LogP contribution in [0.1, 0.15) is 30.0 Å². The first-order chi connectivity index (χ1) is 9.62. The normalized spacial score (nSPS) is 12.5. The van der Waals surface area contributed by atoms with Gasteiger partial charge in [-0.3, -0.25) is 4.79 Å². The largest absolute Gasteiger partial charge is 0.453 e. The zero-order valence-electron chi connectivity index (χ0n) is 11.1. The fraction of sp³-hybridized carbons (Fsp3) is 0.308. The third kappa shape index (κ3) is 2.93. The predicted molar refractivity (Wildman–Crippen MR) is 65.1 cm³/mol. The number of Topliss-reactive ketones (excluding diaryl/α,β-unsaturated/α-hetero) is 1. The molecule has 0 aliphatic rings. The van der Waals surface area contributed by atoms with Crippen LogP contribution in [0.5, 0.6) is 0 Å². The van der Waals surface area contributed by atoms with Crippen LogP contribution in [0.25, 0.3) is 0 Å². The summed E-state index contributed by atoms with van der Waals surface area (Å²) in [4.78, 5) is 15.5. The minimum Gasteiger partial charge on any atom is -0.291 e. The van der Waals surface area contributed by atoms with E-state index < -0.39 is 29.1 Å². The van der Waals surface area contributed by atoms with Gasteiger partial charge >= 0.3 is 6.18 Å². The maximum Gasteiger partial charge on any atom is 0.453 e. The van der Waals surface area contributed by atoms with E-state index in [9.17, 15) is 22.4 Å². The van der Waals surface area contributed by atoms with Gasteiger partial charge in [-0.05, 0) is 26.0 Å². The minimum absolute atomic E-state index is 0.0454. The van der Waals surface area contributed by atoms with Crippen molar-refractivity contribution in [1.82, 2.24) is 14.8 Å². The van der Waals surface area contributed by atoms with E-state index in [4.69, 9.17) is 0 Å². The number of halogens is 4. The lowest BCUT2D eigenvalue weighted by molar-refractivity contribution is -0.145. The molecular formula is C13H11F4N3O. The molecule has 0 aliphatic heterocycles. The number of benzene rings is 1. The van der Waals surface area contributed by atoms with Crippen molar-refractivity contribution in [2.45, 2.75) is 25.6 Å². The third-order valence-electron chi connectivity index (χ3n) is 2.96. The highest BCUT2D eigenvalue weighted by molar-refractivity contribution is 6.01. The zero-order chi connectivity index (χ0) is 15.8. The molecule has 4 nitrogen and oxygen atoms in total. The molecule has 0 aliphatic carbocycles. The number of alkyl halides is 3. The lowest BCUT2D eigenvalue weighted by Gasteiger charge is -2.23. The summed E-state index contributed by atoms with van der Waals surface area (Å²) >= 11 is 0. The molecule has 0 bridgehead atoms. The SMILES string of the molecule is CC(C)(C(=O)c1cccc(F)c1)n1cnc(C(F)(F)F)n1. The van der Waals surface area contributed by atoms with Gasteiger partial charge in [-0.2, -0.15) is 13.2 Å². The first-order valence-electron chi connectivity index (χ1n) is 5.92. The first kappa shape index (κ1) is 15.1. The molecule has 2 rings (SSSR count). The highest BCUT2D eigenvalue weighted by Gasteiger charge is 2.39. The predicted octanol–water partition coefficient (Wildman–Crippen LogP) is 3.05. The maximum absolute atomic E-state index is 13.1. The molecule has 0 radical (unpaired) electrons. The summed E-state index contributed by atoms with van der Waals surface area (Å²) in [5.41, 5.74) is -1.38. The van der Waals surface area contributed by atoms with Crippen molar-refractivity contribution in [2.24, 2.45) is 0 Å². The number of hydrogen-bond donors (Lipinski definition) is 0. The van der Waals surface area contributed by atoms with Crippen LogP contribution in [0.3, 0.4) is 0 Å². The second kappa shape index (κ2) is 4.94. The summed E-state index contributed by atoms with van der Waals surface area (Å²) < 4.78 is 51.4. The molecule has 0 fully saturated rings. The molecule has 1 heterocycles. The number of hydrogen-bond acceptors (Lipinski definition) is 3. The Morgan fingerprint density at radius 2 is 1.90 bits per heavy atom. The molecule has 8 heteroatoms. The van der Waals surface area contributed by atoms with Crippen LogP contribution in [0.15, 0.2) is 30.6 Å². The number of nitrogens with zero attached hydrogens (tertiary/aromatic N) is 3. The molecule has 0 atom stereocenters. The Morgan fingerprint density at radius 3 is 2.43 bits per heavy atom. The van der Waals surface area contributed by atoms with E-state index in [-0.39, 0.29) is 5.56 Å². The molecule has 2 aromatic rings. The van der Waals surface area contributed by atoms with Crippen molar-refractivity contribution in [2.75, 3.05) is 0 Å². The summed E-state index contributed by atoms with van der Waals surface area (Å²) in [6.45, 7) is 2.77.